The number of benzene rings is 1. The van der Waals surface area contributed by atoms with Crippen molar-refractivity contribution < 1.29 is 0 Å². The lowest BCUT2D eigenvalue weighted by Gasteiger charge is -2.30. The van der Waals surface area contributed by atoms with Crippen LogP contribution < -0.4 is 10.6 Å². The fourth-order valence-electron chi connectivity index (χ4n) is 3.63. The fraction of sp³-hybridized carbons (Fsp3) is 0.625. The van der Waals surface area contributed by atoms with Crippen molar-refractivity contribution in [2.24, 2.45) is 5.73 Å². The Morgan fingerprint density at radius 3 is 2.50 bits per heavy atom. The van der Waals surface area contributed by atoms with Gasteiger partial charge in [0, 0.05) is 29.7 Å². The molecule has 1 saturated carbocycles. The van der Waals surface area contributed by atoms with Gasteiger partial charge in [-0.2, -0.15) is 0 Å². The van der Waals surface area contributed by atoms with Crippen LogP contribution in [-0.2, 0) is 0 Å². The maximum atomic E-state index is 6.39. The minimum atomic E-state index is -0.135. The van der Waals surface area contributed by atoms with E-state index < -0.39 is 0 Å². The zero-order valence-electron chi connectivity index (χ0n) is 11.5. The van der Waals surface area contributed by atoms with Gasteiger partial charge in [0.25, 0.3) is 0 Å². The van der Waals surface area contributed by atoms with Crippen LogP contribution in [0.3, 0.4) is 0 Å². The van der Waals surface area contributed by atoms with E-state index in [9.17, 15) is 0 Å². The highest BCUT2D eigenvalue weighted by atomic mass is 15.2. The highest BCUT2D eigenvalue weighted by molar-refractivity contribution is 5.62. The molecule has 3 rings (SSSR count). The normalized spacial score (nSPS) is 24.6. The molecule has 1 aliphatic carbocycles. The summed E-state index contributed by atoms with van der Waals surface area (Å²) in [4.78, 5) is 2.63. The van der Waals surface area contributed by atoms with Crippen LogP contribution in [0.5, 0.6) is 0 Å². The van der Waals surface area contributed by atoms with Gasteiger partial charge >= 0.3 is 0 Å². The summed E-state index contributed by atoms with van der Waals surface area (Å²) in [5.74, 6) is 0.467. The van der Waals surface area contributed by atoms with E-state index in [2.05, 4.69) is 43.0 Å². The molecule has 2 N–H and O–H groups in total. The SMILES string of the molecule is CC(C)(N)C1CN(C2CCCC2)c2ccccc21. The van der Waals surface area contributed by atoms with Crippen molar-refractivity contribution in [1.82, 2.24) is 0 Å². The Bertz CT molecular complexity index is 427. The molecule has 1 aromatic carbocycles. The number of hydrogen-bond donors (Lipinski definition) is 1. The molecule has 2 aliphatic rings. The number of rotatable bonds is 2. The molecule has 1 heterocycles. The molecule has 0 spiro atoms. The van der Waals surface area contributed by atoms with Crippen molar-refractivity contribution in [2.75, 3.05) is 11.4 Å². The summed E-state index contributed by atoms with van der Waals surface area (Å²) in [7, 11) is 0. The topological polar surface area (TPSA) is 29.3 Å². The van der Waals surface area contributed by atoms with E-state index in [1.54, 1.807) is 0 Å². The van der Waals surface area contributed by atoms with Gasteiger partial charge in [-0.25, -0.2) is 0 Å². The summed E-state index contributed by atoms with van der Waals surface area (Å²) in [6.07, 6.45) is 5.48. The minimum absolute atomic E-state index is 0.135. The lowest BCUT2D eigenvalue weighted by molar-refractivity contribution is 0.416. The molecule has 0 radical (unpaired) electrons. The number of para-hydroxylation sites is 1. The smallest absolute Gasteiger partial charge is 0.0405 e. The molecule has 2 heteroatoms. The first-order chi connectivity index (χ1) is 8.57. The third kappa shape index (κ3) is 1.93. The van der Waals surface area contributed by atoms with Gasteiger partial charge in [-0.05, 0) is 38.3 Å². The fourth-order valence-corrected chi connectivity index (χ4v) is 3.63. The Morgan fingerprint density at radius 2 is 1.83 bits per heavy atom. The largest absolute Gasteiger partial charge is 0.368 e. The first kappa shape index (κ1) is 12.0. The molecule has 1 aromatic rings. The molecule has 0 saturated heterocycles. The number of nitrogens with zero attached hydrogens (tertiary/aromatic N) is 1. The molecule has 0 bridgehead atoms. The Balaban J connectivity index is 1.96. The van der Waals surface area contributed by atoms with Gasteiger partial charge in [0.15, 0.2) is 0 Å². The van der Waals surface area contributed by atoms with Gasteiger partial charge < -0.3 is 10.6 Å². The van der Waals surface area contributed by atoms with Crippen molar-refractivity contribution in [3.63, 3.8) is 0 Å². The van der Waals surface area contributed by atoms with Crippen molar-refractivity contribution in [3.8, 4) is 0 Å². The van der Waals surface area contributed by atoms with Gasteiger partial charge in [0.05, 0.1) is 0 Å². The van der Waals surface area contributed by atoms with Gasteiger partial charge in [-0.1, -0.05) is 31.0 Å². The van der Waals surface area contributed by atoms with Gasteiger partial charge in [-0.15, -0.1) is 0 Å². The zero-order chi connectivity index (χ0) is 12.8. The summed E-state index contributed by atoms with van der Waals surface area (Å²) >= 11 is 0. The number of nitrogens with two attached hydrogens (primary N) is 1. The van der Waals surface area contributed by atoms with E-state index in [0.29, 0.717) is 5.92 Å². The Labute approximate surface area is 110 Å². The van der Waals surface area contributed by atoms with E-state index in [1.807, 2.05) is 0 Å². The van der Waals surface area contributed by atoms with Crippen molar-refractivity contribution in [3.05, 3.63) is 29.8 Å². The molecule has 0 aromatic heterocycles. The quantitative estimate of drug-likeness (QED) is 0.865. The number of anilines is 1. The van der Waals surface area contributed by atoms with E-state index >= 15 is 0 Å². The standard InChI is InChI=1S/C16H24N2/c1-16(2,17)14-11-18(12-7-3-4-8-12)15-10-6-5-9-13(14)15/h5-6,9-10,12,14H,3-4,7-8,11,17H2,1-2H3. The van der Waals surface area contributed by atoms with Crippen molar-refractivity contribution in [1.29, 1.82) is 0 Å². The van der Waals surface area contributed by atoms with Crippen LogP contribution in [0.2, 0.25) is 0 Å². The molecule has 2 nitrogen and oxygen atoms in total. The predicted octanol–water partition coefficient (Wildman–Crippen LogP) is 3.27. The van der Waals surface area contributed by atoms with Crippen LogP contribution in [0.1, 0.15) is 51.0 Å². The second kappa shape index (κ2) is 4.27. The van der Waals surface area contributed by atoms with Crippen LogP contribution in [0.4, 0.5) is 5.69 Å². The van der Waals surface area contributed by atoms with Crippen LogP contribution >= 0.6 is 0 Å². The van der Waals surface area contributed by atoms with Crippen molar-refractivity contribution >= 4 is 5.69 Å². The molecule has 1 unspecified atom stereocenters. The lowest BCUT2D eigenvalue weighted by atomic mass is 9.84. The monoisotopic (exact) mass is 244 g/mol. The zero-order valence-corrected chi connectivity index (χ0v) is 11.5. The number of fused-ring (bicyclic) bond motifs is 1. The summed E-state index contributed by atoms with van der Waals surface area (Å²) in [5, 5.41) is 0. The Hall–Kier alpha value is -1.02. The third-order valence-corrected chi connectivity index (χ3v) is 4.66. The highest BCUT2D eigenvalue weighted by Gasteiger charge is 2.39. The van der Waals surface area contributed by atoms with E-state index in [-0.39, 0.29) is 5.54 Å². The average molecular weight is 244 g/mol. The van der Waals surface area contributed by atoms with E-state index in [1.165, 1.54) is 36.9 Å². The Morgan fingerprint density at radius 1 is 1.17 bits per heavy atom. The van der Waals surface area contributed by atoms with Gasteiger partial charge in [0.1, 0.15) is 0 Å². The molecule has 18 heavy (non-hydrogen) atoms. The first-order valence-corrected chi connectivity index (χ1v) is 7.22. The molecule has 1 aliphatic heterocycles. The molecule has 0 amide bonds. The van der Waals surface area contributed by atoms with Crippen molar-refractivity contribution in [2.45, 2.75) is 57.0 Å². The maximum Gasteiger partial charge on any atom is 0.0405 e. The predicted molar refractivity (Wildman–Crippen MR) is 77.1 cm³/mol. The first-order valence-electron chi connectivity index (χ1n) is 7.22. The van der Waals surface area contributed by atoms with Crippen LogP contribution in [0, 0.1) is 0 Å². The van der Waals surface area contributed by atoms with Crippen LogP contribution in [0.15, 0.2) is 24.3 Å². The minimum Gasteiger partial charge on any atom is -0.368 e. The van der Waals surface area contributed by atoms with Gasteiger partial charge in [-0.3, -0.25) is 0 Å². The summed E-state index contributed by atoms with van der Waals surface area (Å²) < 4.78 is 0. The number of hydrogen-bond acceptors (Lipinski definition) is 2. The molecular formula is C16H24N2. The summed E-state index contributed by atoms with van der Waals surface area (Å²) in [5.41, 5.74) is 9.15. The molecule has 98 valence electrons. The summed E-state index contributed by atoms with van der Waals surface area (Å²) in [6, 6.07) is 9.60. The maximum absolute atomic E-state index is 6.39. The molecular weight excluding hydrogens is 220 g/mol. The van der Waals surface area contributed by atoms with Crippen LogP contribution in [0.25, 0.3) is 0 Å². The van der Waals surface area contributed by atoms with E-state index in [4.69, 9.17) is 5.73 Å². The Kier molecular flexibility index (Phi) is 2.86. The van der Waals surface area contributed by atoms with Crippen LogP contribution in [-0.4, -0.2) is 18.1 Å². The van der Waals surface area contributed by atoms with Gasteiger partial charge in [0.2, 0.25) is 0 Å². The lowest BCUT2D eigenvalue weighted by Crippen LogP contribution is -2.43. The highest BCUT2D eigenvalue weighted by Crippen LogP contribution is 2.43. The second-order valence-corrected chi connectivity index (χ2v) is 6.52. The molecule has 1 atom stereocenters. The third-order valence-electron chi connectivity index (χ3n) is 4.66. The average Bonchev–Trinajstić information content (AvgIpc) is 2.94. The summed E-state index contributed by atoms with van der Waals surface area (Å²) in [6.45, 7) is 5.42. The van der Waals surface area contributed by atoms with E-state index in [0.717, 1.165) is 12.6 Å². The second-order valence-electron chi connectivity index (χ2n) is 6.52. The molecule has 1 fully saturated rings.